The zero-order chi connectivity index (χ0) is 23.1. The number of pyridine rings is 1. The molecule has 1 aliphatic carbocycles. The fourth-order valence-electron chi connectivity index (χ4n) is 5.56. The zero-order valence-electron chi connectivity index (χ0n) is 19.2. The Morgan fingerprint density at radius 1 is 1.09 bits per heavy atom. The summed E-state index contributed by atoms with van der Waals surface area (Å²) in [6.07, 6.45) is 10.1. The van der Waals surface area contributed by atoms with Crippen LogP contribution in [-0.4, -0.2) is 43.6 Å². The topological polar surface area (TPSA) is 57.9 Å². The van der Waals surface area contributed by atoms with Gasteiger partial charge >= 0.3 is 0 Å². The van der Waals surface area contributed by atoms with Crippen molar-refractivity contribution in [2.75, 3.05) is 18.0 Å². The predicted octanol–water partition coefficient (Wildman–Crippen LogP) is 4.71. The van der Waals surface area contributed by atoms with E-state index in [4.69, 9.17) is 17.2 Å². The highest BCUT2D eigenvalue weighted by atomic mass is 32.2. The molecule has 8 heteroatoms. The SMILES string of the molecule is C[C@@H]1C[C@H](C)CN(c2nc3ccccn3c(=O)c2/C=C2/SC(=S)N(C3CCCCC3)C2=O)C1. The summed E-state index contributed by atoms with van der Waals surface area (Å²) in [7, 11) is 0. The van der Waals surface area contributed by atoms with Crippen LogP contribution < -0.4 is 10.5 Å². The molecule has 0 spiro atoms. The van der Waals surface area contributed by atoms with Crippen molar-refractivity contribution < 1.29 is 4.79 Å². The minimum Gasteiger partial charge on any atom is -0.355 e. The van der Waals surface area contributed by atoms with Crippen LogP contribution in [0.2, 0.25) is 0 Å². The normalized spacial score (nSPS) is 26.1. The summed E-state index contributed by atoms with van der Waals surface area (Å²) in [6, 6.07) is 5.75. The molecular weight excluding hydrogens is 452 g/mol. The van der Waals surface area contributed by atoms with Crippen LogP contribution in [0.4, 0.5) is 5.82 Å². The van der Waals surface area contributed by atoms with E-state index in [1.807, 2.05) is 18.2 Å². The molecule has 1 amide bonds. The minimum atomic E-state index is -0.149. The molecule has 2 atom stereocenters. The third kappa shape index (κ3) is 4.35. The van der Waals surface area contributed by atoms with Crippen molar-refractivity contribution in [3.8, 4) is 0 Å². The second kappa shape index (κ2) is 9.22. The van der Waals surface area contributed by atoms with Gasteiger partial charge < -0.3 is 4.90 Å². The summed E-state index contributed by atoms with van der Waals surface area (Å²) < 4.78 is 2.17. The van der Waals surface area contributed by atoms with Gasteiger partial charge in [0.1, 0.15) is 15.8 Å². The Kier molecular flexibility index (Phi) is 6.31. The van der Waals surface area contributed by atoms with Crippen LogP contribution in [-0.2, 0) is 4.79 Å². The molecular formula is C25H30N4O2S2. The third-order valence-electron chi connectivity index (χ3n) is 6.96. The monoisotopic (exact) mass is 482 g/mol. The van der Waals surface area contributed by atoms with E-state index in [1.54, 1.807) is 21.6 Å². The predicted molar refractivity (Wildman–Crippen MR) is 139 cm³/mol. The molecule has 3 aliphatic rings. The van der Waals surface area contributed by atoms with Crippen molar-refractivity contribution in [2.24, 2.45) is 11.8 Å². The summed E-state index contributed by atoms with van der Waals surface area (Å²) in [5, 5.41) is 0. The molecule has 5 rings (SSSR count). The maximum Gasteiger partial charge on any atom is 0.267 e. The Bertz CT molecular complexity index is 1170. The van der Waals surface area contributed by atoms with E-state index in [9.17, 15) is 9.59 Å². The molecule has 2 aliphatic heterocycles. The molecule has 0 bridgehead atoms. The lowest BCUT2D eigenvalue weighted by atomic mass is 9.91. The first-order chi connectivity index (χ1) is 15.9. The number of fused-ring (bicyclic) bond motifs is 1. The van der Waals surface area contributed by atoms with E-state index in [2.05, 4.69) is 18.7 Å². The summed E-state index contributed by atoms with van der Waals surface area (Å²) in [5.74, 6) is 1.64. The van der Waals surface area contributed by atoms with E-state index in [0.29, 0.717) is 38.1 Å². The van der Waals surface area contributed by atoms with E-state index >= 15 is 0 Å². The highest BCUT2D eigenvalue weighted by molar-refractivity contribution is 8.26. The van der Waals surface area contributed by atoms with Crippen LogP contribution >= 0.6 is 24.0 Å². The lowest BCUT2D eigenvalue weighted by Crippen LogP contribution is -2.41. The number of carbonyl (C=O) groups excluding carboxylic acids is 1. The number of piperidine rings is 1. The molecule has 33 heavy (non-hydrogen) atoms. The first-order valence-corrected chi connectivity index (χ1v) is 13.2. The molecule has 0 unspecified atom stereocenters. The van der Waals surface area contributed by atoms with Gasteiger partial charge in [-0.05, 0) is 49.3 Å². The maximum atomic E-state index is 13.6. The Balaban J connectivity index is 1.59. The molecule has 2 aromatic rings. The van der Waals surface area contributed by atoms with Crippen LogP contribution in [0.5, 0.6) is 0 Å². The molecule has 0 N–H and O–H groups in total. The largest absolute Gasteiger partial charge is 0.355 e. The quantitative estimate of drug-likeness (QED) is 0.466. The van der Waals surface area contributed by atoms with Gasteiger partial charge in [-0.25, -0.2) is 4.98 Å². The summed E-state index contributed by atoms with van der Waals surface area (Å²) in [5.41, 5.74) is 0.948. The molecule has 6 nitrogen and oxygen atoms in total. The molecule has 3 fully saturated rings. The first kappa shape index (κ1) is 22.6. The minimum absolute atomic E-state index is 0.0687. The van der Waals surface area contributed by atoms with E-state index in [0.717, 1.165) is 38.8 Å². The summed E-state index contributed by atoms with van der Waals surface area (Å²) in [6.45, 7) is 6.18. The smallest absolute Gasteiger partial charge is 0.267 e. The molecule has 0 aromatic carbocycles. The average molecular weight is 483 g/mol. The lowest BCUT2D eigenvalue weighted by molar-refractivity contribution is -0.124. The molecule has 2 saturated heterocycles. The third-order valence-corrected chi connectivity index (χ3v) is 8.29. The van der Waals surface area contributed by atoms with Gasteiger partial charge in [0.15, 0.2) is 0 Å². The number of aromatic nitrogens is 2. The van der Waals surface area contributed by atoms with E-state index in [-0.39, 0.29) is 17.5 Å². The van der Waals surface area contributed by atoms with Crippen molar-refractivity contribution in [3.05, 3.63) is 45.2 Å². The number of thiocarbonyl (C=S) groups is 1. The number of amides is 1. The van der Waals surface area contributed by atoms with Gasteiger partial charge in [0, 0.05) is 25.3 Å². The highest BCUT2D eigenvalue weighted by Crippen LogP contribution is 2.38. The highest BCUT2D eigenvalue weighted by Gasteiger charge is 2.38. The van der Waals surface area contributed by atoms with Gasteiger partial charge in [-0.3, -0.25) is 18.9 Å². The van der Waals surface area contributed by atoms with Gasteiger partial charge in [0.25, 0.3) is 11.5 Å². The van der Waals surface area contributed by atoms with Crippen molar-refractivity contribution in [2.45, 2.75) is 58.4 Å². The summed E-state index contributed by atoms with van der Waals surface area (Å²) in [4.78, 5) is 36.4. The van der Waals surface area contributed by atoms with Gasteiger partial charge in [0.2, 0.25) is 0 Å². The van der Waals surface area contributed by atoms with E-state index < -0.39 is 0 Å². The number of thioether (sulfide) groups is 1. The van der Waals surface area contributed by atoms with Crippen LogP contribution in [0.1, 0.15) is 57.9 Å². The van der Waals surface area contributed by atoms with Gasteiger partial charge in [-0.15, -0.1) is 0 Å². The Morgan fingerprint density at radius 2 is 1.82 bits per heavy atom. The molecule has 4 heterocycles. The first-order valence-electron chi connectivity index (χ1n) is 12.0. The van der Waals surface area contributed by atoms with E-state index in [1.165, 1.54) is 24.6 Å². The molecule has 2 aromatic heterocycles. The number of rotatable bonds is 3. The Morgan fingerprint density at radius 3 is 2.55 bits per heavy atom. The number of hydrogen-bond acceptors (Lipinski definition) is 6. The Labute approximate surface area is 204 Å². The fraction of sp³-hybridized carbons (Fsp3) is 0.520. The number of anilines is 1. The van der Waals surface area contributed by atoms with Gasteiger partial charge in [-0.2, -0.15) is 0 Å². The molecule has 174 valence electrons. The number of nitrogens with zero attached hydrogens (tertiary/aromatic N) is 4. The lowest BCUT2D eigenvalue weighted by Gasteiger charge is -2.36. The van der Waals surface area contributed by atoms with Gasteiger partial charge in [0.05, 0.1) is 10.5 Å². The average Bonchev–Trinajstić information content (AvgIpc) is 3.08. The van der Waals surface area contributed by atoms with Crippen LogP contribution in [0, 0.1) is 11.8 Å². The molecule has 1 saturated carbocycles. The van der Waals surface area contributed by atoms with Gasteiger partial charge in [-0.1, -0.05) is 63.2 Å². The zero-order valence-corrected chi connectivity index (χ0v) is 20.8. The number of hydrogen-bond donors (Lipinski definition) is 0. The van der Waals surface area contributed by atoms with Crippen molar-refractivity contribution >= 4 is 51.7 Å². The fourth-order valence-corrected chi connectivity index (χ4v) is 6.94. The Hall–Kier alpha value is -2.19. The second-order valence-electron chi connectivity index (χ2n) is 9.78. The van der Waals surface area contributed by atoms with Crippen molar-refractivity contribution in [1.82, 2.24) is 14.3 Å². The van der Waals surface area contributed by atoms with Crippen molar-refractivity contribution in [1.29, 1.82) is 0 Å². The van der Waals surface area contributed by atoms with Crippen LogP contribution in [0.25, 0.3) is 11.7 Å². The second-order valence-corrected chi connectivity index (χ2v) is 11.5. The molecule has 0 radical (unpaired) electrons. The van der Waals surface area contributed by atoms with Crippen LogP contribution in [0.15, 0.2) is 34.1 Å². The van der Waals surface area contributed by atoms with Crippen molar-refractivity contribution in [3.63, 3.8) is 0 Å². The maximum absolute atomic E-state index is 13.6. The van der Waals surface area contributed by atoms with Crippen LogP contribution in [0.3, 0.4) is 0 Å². The standard InChI is InChI=1S/C25H30N4O2S2/c1-16-12-17(2)15-27(14-16)22-19(23(30)28-11-7-6-10-21(28)26-22)13-20-24(31)29(25(32)33-20)18-8-4-3-5-9-18/h6-7,10-11,13,16-18H,3-5,8-9,12,14-15H2,1-2H3/b20-13+/t16-,17+. The number of carbonyl (C=O) groups is 1. The summed E-state index contributed by atoms with van der Waals surface area (Å²) >= 11 is 6.92.